The number of aromatic nitrogens is 4. The lowest BCUT2D eigenvalue weighted by molar-refractivity contribution is 0.457. The van der Waals surface area contributed by atoms with Crippen molar-refractivity contribution in [2.45, 2.75) is 40.3 Å². The van der Waals surface area contributed by atoms with Gasteiger partial charge in [-0.25, -0.2) is 4.79 Å². The van der Waals surface area contributed by atoms with E-state index in [9.17, 15) is 9.59 Å². The van der Waals surface area contributed by atoms with Gasteiger partial charge in [0.15, 0.2) is 11.2 Å². The minimum Gasteiger partial charge on any atom is -0.312 e. The molecule has 4 aromatic rings. The molecule has 0 radical (unpaired) electrons. The Kier molecular flexibility index (Phi) is 5.19. The van der Waals surface area contributed by atoms with Crippen LogP contribution in [0.25, 0.3) is 11.2 Å². The number of aryl methyl sites for hydroxylation is 4. The van der Waals surface area contributed by atoms with E-state index in [0.29, 0.717) is 36.6 Å². The van der Waals surface area contributed by atoms with Crippen molar-refractivity contribution in [2.24, 2.45) is 13.0 Å². The molecule has 0 amide bonds. The van der Waals surface area contributed by atoms with Gasteiger partial charge in [-0.15, -0.1) is 0 Å². The van der Waals surface area contributed by atoms with Crippen molar-refractivity contribution in [1.29, 1.82) is 0 Å². The Morgan fingerprint density at radius 3 is 2.39 bits per heavy atom. The van der Waals surface area contributed by atoms with E-state index in [2.05, 4.69) is 43.9 Å². The fourth-order valence-electron chi connectivity index (χ4n) is 4.91. The molecule has 0 aliphatic carbocycles. The molecular weight excluding hydrogens is 414 g/mol. The van der Waals surface area contributed by atoms with Crippen molar-refractivity contribution in [3.05, 3.63) is 86.1 Å². The minimum atomic E-state index is -0.329. The molecule has 3 heterocycles. The molecule has 0 saturated heterocycles. The summed E-state index contributed by atoms with van der Waals surface area (Å²) in [6, 6.07) is 16.4. The second-order valence-corrected chi connectivity index (χ2v) is 9.29. The third kappa shape index (κ3) is 3.67. The van der Waals surface area contributed by atoms with E-state index >= 15 is 0 Å². The molecule has 170 valence electrons. The Balaban J connectivity index is 1.66. The van der Waals surface area contributed by atoms with E-state index in [4.69, 9.17) is 4.98 Å². The molecule has 0 spiro atoms. The molecule has 2 aromatic heterocycles. The predicted molar refractivity (Wildman–Crippen MR) is 131 cm³/mol. The second-order valence-electron chi connectivity index (χ2n) is 9.29. The van der Waals surface area contributed by atoms with Gasteiger partial charge in [-0.05, 0) is 55.0 Å². The van der Waals surface area contributed by atoms with Crippen molar-refractivity contribution in [3.8, 4) is 0 Å². The van der Waals surface area contributed by atoms with Crippen LogP contribution in [0, 0.1) is 19.8 Å². The van der Waals surface area contributed by atoms with Crippen molar-refractivity contribution in [3.63, 3.8) is 0 Å². The lowest BCUT2D eigenvalue weighted by atomic mass is 10.1. The topological polar surface area (TPSA) is 65.1 Å². The third-order valence-electron chi connectivity index (χ3n) is 6.43. The van der Waals surface area contributed by atoms with Gasteiger partial charge >= 0.3 is 5.69 Å². The highest BCUT2D eigenvalue weighted by molar-refractivity contribution is 5.77. The molecule has 0 bridgehead atoms. The summed E-state index contributed by atoms with van der Waals surface area (Å²) in [5.74, 6) is 1.05. The van der Waals surface area contributed by atoms with Crippen molar-refractivity contribution >= 4 is 22.8 Å². The summed E-state index contributed by atoms with van der Waals surface area (Å²) in [4.78, 5) is 33.7. The maximum atomic E-state index is 13.6. The van der Waals surface area contributed by atoms with Crippen molar-refractivity contribution in [2.75, 3.05) is 11.4 Å². The van der Waals surface area contributed by atoms with Gasteiger partial charge in [0.05, 0.1) is 0 Å². The van der Waals surface area contributed by atoms with E-state index in [-0.39, 0.29) is 11.2 Å². The zero-order valence-corrected chi connectivity index (χ0v) is 19.6. The first-order chi connectivity index (χ1) is 15.8. The summed E-state index contributed by atoms with van der Waals surface area (Å²) in [6.45, 7) is 8.19. The van der Waals surface area contributed by atoms with Gasteiger partial charge in [0.1, 0.15) is 0 Å². The molecule has 0 N–H and O–H groups in total. The Labute approximate surface area is 192 Å². The summed E-state index contributed by atoms with van der Waals surface area (Å²) in [5, 5.41) is 0. The average molecular weight is 444 g/mol. The van der Waals surface area contributed by atoms with E-state index in [1.807, 2.05) is 34.9 Å². The van der Waals surface area contributed by atoms with E-state index in [0.717, 1.165) is 23.7 Å². The number of fused-ring (bicyclic) bond motifs is 3. The summed E-state index contributed by atoms with van der Waals surface area (Å²) >= 11 is 0. The standard InChI is InChI=1S/C26H29N5O2/c1-17-12-18(2)14-21(13-17)30-15-19(3)16-31-22-23(27-25(30)31)28(4)26(33)29(24(22)32)11-10-20-8-6-5-7-9-20/h5-9,12-14,19H,10-11,15-16H2,1-4H3/t19-/m0/s1. The number of hydrogen-bond donors (Lipinski definition) is 0. The molecule has 33 heavy (non-hydrogen) atoms. The first-order valence-corrected chi connectivity index (χ1v) is 11.4. The highest BCUT2D eigenvalue weighted by Crippen LogP contribution is 2.33. The lowest BCUT2D eigenvalue weighted by Gasteiger charge is -2.33. The SMILES string of the molecule is Cc1cc(C)cc(N2C[C@H](C)Cn3c2nc2c3c(=O)n(CCc3ccccc3)c(=O)n2C)c1. The Hall–Kier alpha value is -3.61. The van der Waals surface area contributed by atoms with E-state index in [1.165, 1.54) is 20.3 Å². The second kappa shape index (κ2) is 8.06. The summed E-state index contributed by atoms with van der Waals surface area (Å²) in [5.41, 5.74) is 4.87. The lowest BCUT2D eigenvalue weighted by Crippen LogP contribution is -2.40. The number of imidazole rings is 1. The first kappa shape index (κ1) is 21.2. The van der Waals surface area contributed by atoms with Crippen LogP contribution < -0.4 is 16.1 Å². The molecule has 7 nitrogen and oxygen atoms in total. The van der Waals surface area contributed by atoms with Gasteiger partial charge in [0.2, 0.25) is 5.95 Å². The smallest absolute Gasteiger partial charge is 0.312 e. The fourth-order valence-corrected chi connectivity index (χ4v) is 4.91. The number of anilines is 2. The number of nitrogens with zero attached hydrogens (tertiary/aromatic N) is 5. The van der Waals surface area contributed by atoms with Crippen LogP contribution in [0.5, 0.6) is 0 Å². The number of benzene rings is 2. The molecule has 7 heteroatoms. The van der Waals surface area contributed by atoms with Crippen molar-refractivity contribution in [1.82, 2.24) is 18.7 Å². The fraction of sp³-hybridized carbons (Fsp3) is 0.346. The van der Waals surface area contributed by atoms with Gasteiger partial charge in [0.25, 0.3) is 5.56 Å². The summed E-state index contributed by atoms with van der Waals surface area (Å²) < 4.78 is 4.87. The molecule has 5 rings (SSSR count). The average Bonchev–Trinajstić information content (AvgIpc) is 3.16. The molecule has 2 aromatic carbocycles. The van der Waals surface area contributed by atoms with Crippen LogP contribution in [0.2, 0.25) is 0 Å². The van der Waals surface area contributed by atoms with E-state index in [1.54, 1.807) is 7.05 Å². The van der Waals surface area contributed by atoms with Gasteiger partial charge in [-0.3, -0.25) is 13.9 Å². The number of hydrogen-bond acceptors (Lipinski definition) is 4. The number of rotatable bonds is 4. The van der Waals surface area contributed by atoms with Crippen LogP contribution in [0.4, 0.5) is 11.6 Å². The monoisotopic (exact) mass is 443 g/mol. The van der Waals surface area contributed by atoms with Gasteiger partial charge in [-0.2, -0.15) is 4.98 Å². The first-order valence-electron chi connectivity index (χ1n) is 11.4. The van der Waals surface area contributed by atoms with Gasteiger partial charge in [-0.1, -0.05) is 43.3 Å². The minimum absolute atomic E-state index is 0.266. The van der Waals surface area contributed by atoms with Crippen LogP contribution in [-0.2, 0) is 26.6 Å². The quantitative estimate of drug-likeness (QED) is 0.484. The van der Waals surface area contributed by atoms with Crippen LogP contribution in [0.15, 0.2) is 58.1 Å². The maximum Gasteiger partial charge on any atom is 0.332 e. The summed E-state index contributed by atoms with van der Waals surface area (Å²) in [6.07, 6.45) is 0.619. The molecular formula is C26H29N5O2. The van der Waals surface area contributed by atoms with Crippen molar-refractivity contribution < 1.29 is 0 Å². The summed E-state index contributed by atoms with van der Waals surface area (Å²) in [7, 11) is 1.70. The largest absolute Gasteiger partial charge is 0.332 e. The zero-order valence-electron chi connectivity index (χ0n) is 19.6. The Morgan fingerprint density at radius 1 is 1.00 bits per heavy atom. The van der Waals surface area contributed by atoms with Gasteiger partial charge in [0, 0.05) is 32.4 Å². The van der Waals surface area contributed by atoms with Crippen LogP contribution in [0.1, 0.15) is 23.6 Å². The molecule has 1 aliphatic heterocycles. The van der Waals surface area contributed by atoms with E-state index < -0.39 is 0 Å². The zero-order chi connectivity index (χ0) is 23.3. The third-order valence-corrected chi connectivity index (χ3v) is 6.43. The highest BCUT2D eigenvalue weighted by atomic mass is 16.2. The molecule has 1 atom stereocenters. The van der Waals surface area contributed by atoms with Gasteiger partial charge < -0.3 is 9.47 Å². The predicted octanol–water partition coefficient (Wildman–Crippen LogP) is 3.54. The van der Waals surface area contributed by atoms with Crippen LogP contribution in [-0.4, -0.2) is 25.2 Å². The molecule has 0 saturated carbocycles. The highest BCUT2D eigenvalue weighted by Gasteiger charge is 2.30. The normalized spacial score (nSPS) is 15.8. The molecule has 1 aliphatic rings. The molecule has 0 unspecified atom stereocenters. The van der Waals surface area contributed by atoms with Crippen LogP contribution >= 0.6 is 0 Å². The maximum absolute atomic E-state index is 13.6. The molecule has 0 fully saturated rings. The Morgan fingerprint density at radius 2 is 1.70 bits per heavy atom. The van der Waals surface area contributed by atoms with Crippen LogP contribution in [0.3, 0.4) is 0 Å². The Bertz CT molecular complexity index is 1440.